The lowest BCUT2D eigenvalue weighted by Crippen LogP contribution is -2.36. The molecule has 0 saturated carbocycles. The van der Waals surface area contributed by atoms with Gasteiger partial charge in [-0.25, -0.2) is 9.69 Å². The van der Waals surface area contributed by atoms with Crippen LogP contribution >= 0.6 is 0 Å². The lowest BCUT2D eigenvalue weighted by atomic mass is 10.2. The molecular formula is C15H20N4O3. The van der Waals surface area contributed by atoms with Crippen molar-refractivity contribution in [1.29, 1.82) is 0 Å². The van der Waals surface area contributed by atoms with E-state index in [1.807, 2.05) is 12.1 Å². The van der Waals surface area contributed by atoms with Gasteiger partial charge in [-0.1, -0.05) is 17.2 Å². The zero-order valence-electron chi connectivity index (χ0n) is 13.2. The summed E-state index contributed by atoms with van der Waals surface area (Å²) in [7, 11) is 0. The van der Waals surface area contributed by atoms with E-state index in [0.717, 1.165) is 0 Å². The molecule has 1 heterocycles. The number of hydrogen-bond acceptors (Lipinski definition) is 6. The summed E-state index contributed by atoms with van der Waals surface area (Å²) in [6, 6.07) is 7.23. The maximum Gasteiger partial charge on any atom is 0.418 e. The molecule has 0 atom stereocenters. The number of carbonyl (C=O) groups excluding carboxylic acids is 1. The highest BCUT2D eigenvalue weighted by Crippen LogP contribution is 2.27. The monoisotopic (exact) mass is 304 g/mol. The first-order chi connectivity index (χ1) is 10.3. The molecule has 0 unspecified atom stereocenters. The fourth-order valence-corrected chi connectivity index (χ4v) is 1.78. The molecule has 1 aromatic carbocycles. The number of nitrogens with zero attached hydrogens (tertiary/aromatic N) is 3. The predicted octanol–water partition coefficient (Wildman–Crippen LogP) is 3.08. The highest BCUT2D eigenvalue weighted by Gasteiger charge is 2.26. The second-order valence-corrected chi connectivity index (χ2v) is 5.70. The molecule has 0 spiro atoms. The average Bonchev–Trinajstić information content (AvgIpc) is 2.87. The van der Waals surface area contributed by atoms with Crippen molar-refractivity contribution >= 4 is 17.8 Å². The molecule has 0 bridgehead atoms. The molecule has 7 nitrogen and oxygen atoms in total. The first-order valence-electron chi connectivity index (χ1n) is 7.00. The molecule has 118 valence electrons. The van der Waals surface area contributed by atoms with Gasteiger partial charge in [-0.2, -0.15) is 0 Å². The van der Waals surface area contributed by atoms with Crippen molar-refractivity contribution in [3.05, 3.63) is 24.3 Å². The van der Waals surface area contributed by atoms with E-state index < -0.39 is 11.7 Å². The topological polar surface area (TPSA) is 94.5 Å². The summed E-state index contributed by atoms with van der Waals surface area (Å²) in [4.78, 5) is 13.4. The van der Waals surface area contributed by atoms with E-state index in [1.54, 1.807) is 39.8 Å². The van der Waals surface area contributed by atoms with Crippen LogP contribution in [-0.2, 0) is 4.74 Å². The zero-order valence-corrected chi connectivity index (χ0v) is 13.2. The number of benzene rings is 1. The van der Waals surface area contributed by atoms with Crippen molar-refractivity contribution in [3.8, 4) is 11.5 Å². The highest BCUT2D eigenvalue weighted by atomic mass is 16.6. The van der Waals surface area contributed by atoms with Crippen LogP contribution in [0, 0.1) is 0 Å². The number of hydrogen-bond donors (Lipinski definition) is 1. The van der Waals surface area contributed by atoms with Gasteiger partial charge in [0.05, 0.1) is 5.56 Å². The van der Waals surface area contributed by atoms with E-state index in [2.05, 4.69) is 10.2 Å². The van der Waals surface area contributed by atoms with Crippen molar-refractivity contribution in [1.82, 2.24) is 10.2 Å². The van der Waals surface area contributed by atoms with Crippen LogP contribution in [0.4, 0.5) is 16.5 Å². The second-order valence-electron chi connectivity index (χ2n) is 5.70. The van der Waals surface area contributed by atoms with Gasteiger partial charge < -0.3 is 14.9 Å². The molecule has 0 aliphatic rings. The van der Waals surface area contributed by atoms with E-state index in [1.165, 1.54) is 4.90 Å². The molecule has 0 fully saturated rings. The number of amides is 1. The summed E-state index contributed by atoms with van der Waals surface area (Å²) in [6.45, 7) is 7.53. The van der Waals surface area contributed by atoms with Crippen molar-refractivity contribution in [2.45, 2.75) is 33.3 Å². The van der Waals surface area contributed by atoms with Crippen LogP contribution in [0.25, 0.3) is 11.5 Å². The Bertz CT molecular complexity index is 661. The van der Waals surface area contributed by atoms with Crippen LogP contribution in [0.1, 0.15) is 27.7 Å². The Balaban J connectivity index is 2.26. The largest absolute Gasteiger partial charge is 0.443 e. The minimum Gasteiger partial charge on any atom is -0.443 e. The van der Waals surface area contributed by atoms with Gasteiger partial charge in [0.25, 0.3) is 5.89 Å². The predicted molar refractivity (Wildman–Crippen MR) is 83.4 cm³/mol. The number of ether oxygens (including phenoxy) is 1. The minimum absolute atomic E-state index is 0.0787. The summed E-state index contributed by atoms with van der Waals surface area (Å²) in [5.74, 6) is 0.259. The van der Waals surface area contributed by atoms with Gasteiger partial charge >= 0.3 is 12.1 Å². The Morgan fingerprint density at radius 2 is 2.00 bits per heavy atom. The number of nitrogens with two attached hydrogens (primary N) is 1. The van der Waals surface area contributed by atoms with Crippen molar-refractivity contribution in [2.24, 2.45) is 0 Å². The SMILES string of the molecule is CCN(C(=O)OC(C)(C)C)c1nnc(-c2ccccc2N)o1. The number of para-hydroxylation sites is 1. The molecule has 1 aromatic heterocycles. The number of aromatic nitrogens is 2. The zero-order chi connectivity index (χ0) is 16.3. The highest BCUT2D eigenvalue weighted by molar-refractivity contribution is 5.85. The number of anilines is 2. The number of nitrogen functional groups attached to an aromatic ring is 1. The van der Waals surface area contributed by atoms with Gasteiger partial charge in [0.1, 0.15) is 5.60 Å². The van der Waals surface area contributed by atoms with E-state index in [-0.39, 0.29) is 11.9 Å². The number of rotatable bonds is 3. The van der Waals surface area contributed by atoms with Crippen molar-refractivity contribution in [3.63, 3.8) is 0 Å². The Morgan fingerprint density at radius 1 is 1.32 bits per heavy atom. The van der Waals surface area contributed by atoms with Crippen LogP contribution in [0.2, 0.25) is 0 Å². The Morgan fingerprint density at radius 3 is 2.59 bits per heavy atom. The lowest BCUT2D eigenvalue weighted by Gasteiger charge is -2.23. The van der Waals surface area contributed by atoms with Gasteiger partial charge in [-0.3, -0.25) is 0 Å². The molecule has 0 aliphatic carbocycles. The van der Waals surface area contributed by atoms with Gasteiger partial charge in [-0.05, 0) is 39.8 Å². The van der Waals surface area contributed by atoms with Crippen LogP contribution in [0.5, 0.6) is 0 Å². The van der Waals surface area contributed by atoms with Gasteiger partial charge in [-0.15, -0.1) is 5.10 Å². The summed E-state index contributed by atoms with van der Waals surface area (Å²) in [6.07, 6.45) is -0.536. The molecule has 0 saturated heterocycles. The first kappa shape index (κ1) is 15.8. The Hall–Kier alpha value is -2.57. The molecule has 7 heteroatoms. The first-order valence-corrected chi connectivity index (χ1v) is 7.00. The normalized spacial score (nSPS) is 11.3. The van der Waals surface area contributed by atoms with Crippen molar-refractivity contribution in [2.75, 3.05) is 17.2 Å². The summed E-state index contributed by atoms with van der Waals surface area (Å²) in [5.41, 5.74) is 6.43. The van der Waals surface area contributed by atoms with Crippen LogP contribution < -0.4 is 10.6 Å². The third kappa shape index (κ3) is 3.55. The summed E-state index contributed by atoms with van der Waals surface area (Å²) < 4.78 is 10.9. The van der Waals surface area contributed by atoms with Gasteiger partial charge in [0, 0.05) is 12.2 Å². The van der Waals surface area contributed by atoms with Crippen LogP contribution in [-0.4, -0.2) is 28.4 Å². The van der Waals surface area contributed by atoms with E-state index in [4.69, 9.17) is 14.9 Å². The molecule has 2 N–H and O–H groups in total. The average molecular weight is 304 g/mol. The fraction of sp³-hybridized carbons (Fsp3) is 0.400. The maximum atomic E-state index is 12.2. The summed E-state index contributed by atoms with van der Waals surface area (Å²) in [5, 5.41) is 7.86. The van der Waals surface area contributed by atoms with Gasteiger partial charge in [0.15, 0.2) is 0 Å². The number of carbonyl (C=O) groups is 1. The molecule has 1 amide bonds. The van der Waals surface area contributed by atoms with E-state index in [9.17, 15) is 4.79 Å². The third-order valence-corrected chi connectivity index (χ3v) is 2.77. The van der Waals surface area contributed by atoms with E-state index in [0.29, 0.717) is 17.8 Å². The van der Waals surface area contributed by atoms with Gasteiger partial charge in [0.2, 0.25) is 0 Å². The minimum atomic E-state index is -0.600. The Kier molecular flexibility index (Phi) is 4.35. The van der Waals surface area contributed by atoms with Crippen LogP contribution in [0.3, 0.4) is 0 Å². The van der Waals surface area contributed by atoms with E-state index >= 15 is 0 Å². The smallest absolute Gasteiger partial charge is 0.418 e. The standard InChI is InChI=1S/C15H20N4O3/c1-5-19(14(20)22-15(2,3)4)13-18-17-12(21-13)10-8-6-7-9-11(10)16/h6-9H,5,16H2,1-4H3. The lowest BCUT2D eigenvalue weighted by molar-refractivity contribution is 0.0575. The second kappa shape index (κ2) is 6.05. The summed E-state index contributed by atoms with van der Waals surface area (Å²) >= 11 is 0. The Labute approximate surface area is 129 Å². The molecule has 2 aromatic rings. The third-order valence-electron chi connectivity index (χ3n) is 2.77. The van der Waals surface area contributed by atoms with Crippen molar-refractivity contribution < 1.29 is 13.9 Å². The quantitative estimate of drug-likeness (QED) is 0.876. The molecule has 0 aliphatic heterocycles. The molecule has 22 heavy (non-hydrogen) atoms. The molecular weight excluding hydrogens is 284 g/mol. The van der Waals surface area contributed by atoms with Crippen LogP contribution in [0.15, 0.2) is 28.7 Å². The molecule has 0 radical (unpaired) electrons. The maximum absolute atomic E-state index is 12.2. The fourth-order valence-electron chi connectivity index (χ4n) is 1.78. The molecule has 2 rings (SSSR count).